The van der Waals surface area contributed by atoms with Gasteiger partial charge < -0.3 is 18.8 Å². The number of carbonyl (C=O) groups excluding carboxylic acids is 1. The number of benzene rings is 2. The van der Waals surface area contributed by atoms with E-state index < -0.39 is 11.9 Å². The second-order valence-corrected chi connectivity index (χ2v) is 8.76. The van der Waals surface area contributed by atoms with E-state index in [1.807, 2.05) is 0 Å². The lowest BCUT2D eigenvalue weighted by molar-refractivity contribution is -0.135. The van der Waals surface area contributed by atoms with E-state index in [0.717, 1.165) is 5.56 Å². The minimum absolute atomic E-state index is 0.153. The molecular formula is C26H20ClNO6. The maximum atomic E-state index is 13.6. The number of aryl methyl sites for hydroxylation is 2. The summed E-state index contributed by atoms with van der Waals surface area (Å²) in [7, 11) is 0. The average Bonchev–Trinajstić information content (AvgIpc) is 2.80. The molecule has 34 heavy (non-hydrogen) atoms. The zero-order chi connectivity index (χ0) is 24.0. The molecule has 0 saturated heterocycles. The number of phenolic OH excluding ortho intramolecular Hbond substituents is 1. The standard InChI is InChI=1S/C26H20ClNO6/c1-14-10-22-24(26(32)28(14)9-8-15-2-5-17(29)6-3-15)18(12-23(30)34-22)20-13-33-21-7-4-16(27)11-19(21)25(20)31/h2-7,10-11,13,18,29H,8-9,12H2,1H3/t18-/m1/s1. The van der Waals surface area contributed by atoms with Gasteiger partial charge in [0.25, 0.3) is 5.56 Å². The van der Waals surface area contributed by atoms with Gasteiger partial charge >= 0.3 is 5.97 Å². The number of halogens is 1. The molecule has 0 amide bonds. The second kappa shape index (κ2) is 8.50. The number of aromatic nitrogens is 1. The lowest BCUT2D eigenvalue weighted by atomic mass is 9.87. The van der Waals surface area contributed by atoms with Gasteiger partial charge in [0, 0.05) is 34.8 Å². The Morgan fingerprint density at radius 3 is 2.62 bits per heavy atom. The van der Waals surface area contributed by atoms with Crippen molar-refractivity contribution in [2.45, 2.75) is 32.2 Å². The van der Waals surface area contributed by atoms with Crippen molar-refractivity contribution < 1.29 is 19.1 Å². The van der Waals surface area contributed by atoms with Crippen molar-refractivity contribution in [1.29, 1.82) is 0 Å². The minimum atomic E-state index is -0.802. The van der Waals surface area contributed by atoms with E-state index in [1.54, 1.807) is 54.0 Å². The Kier molecular flexibility index (Phi) is 5.49. The lowest BCUT2D eigenvalue weighted by Gasteiger charge is -2.25. The van der Waals surface area contributed by atoms with Crippen LogP contribution >= 0.6 is 11.6 Å². The van der Waals surface area contributed by atoms with Gasteiger partial charge in [0.1, 0.15) is 17.1 Å². The van der Waals surface area contributed by atoms with Gasteiger partial charge in [-0.25, -0.2) is 0 Å². The predicted octanol–water partition coefficient (Wildman–Crippen LogP) is 4.31. The second-order valence-electron chi connectivity index (χ2n) is 8.33. The van der Waals surface area contributed by atoms with Crippen LogP contribution in [0, 0.1) is 6.92 Å². The molecule has 3 heterocycles. The zero-order valence-corrected chi connectivity index (χ0v) is 19.0. The fraction of sp³-hybridized carbons (Fsp3) is 0.192. The average molecular weight is 478 g/mol. The molecule has 0 radical (unpaired) electrons. The number of hydrogen-bond acceptors (Lipinski definition) is 6. The molecule has 2 aromatic carbocycles. The monoisotopic (exact) mass is 477 g/mol. The molecule has 5 rings (SSSR count). The van der Waals surface area contributed by atoms with Gasteiger partial charge in [-0.2, -0.15) is 0 Å². The summed E-state index contributed by atoms with van der Waals surface area (Å²) in [5, 5.41) is 10.2. The highest BCUT2D eigenvalue weighted by Crippen LogP contribution is 2.36. The predicted molar refractivity (Wildman–Crippen MR) is 127 cm³/mol. The number of hydrogen-bond donors (Lipinski definition) is 1. The van der Waals surface area contributed by atoms with E-state index in [1.165, 1.54) is 12.3 Å². The van der Waals surface area contributed by atoms with E-state index in [-0.39, 0.29) is 45.4 Å². The Labute approximate surface area is 198 Å². The maximum absolute atomic E-state index is 13.6. The third kappa shape index (κ3) is 3.88. The fourth-order valence-corrected chi connectivity index (χ4v) is 4.57. The minimum Gasteiger partial charge on any atom is -0.508 e. The van der Waals surface area contributed by atoms with Crippen LogP contribution < -0.4 is 15.7 Å². The van der Waals surface area contributed by atoms with Crippen LogP contribution in [0.15, 0.2) is 68.8 Å². The van der Waals surface area contributed by atoms with Crippen LogP contribution in [0.3, 0.4) is 0 Å². The maximum Gasteiger partial charge on any atom is 0.312 e. The number of carbonyl (C=O) groups is 1. The summed E-state index contributed by atoms with van der Waals surface area (Å²) in [4.78, 5) is 39.3. The molecule has 1 aliphatic heterocycles. The molecule has 172 valence electrons. The highest BCUT2D eigenvalue weighted by molar-refractivity contribution is 6.31. The van der Waals surface area contributed by atoms with Gasteiger partial charge in [0.2, 0.25) is 0 Å². The van der Waals surface area contributed by atoms with Crippen molar-refractivity contribution in [1.82, 2.24) is 4.57 Å². The number of nitrogens with zero attached hydrogens (tertiary/aromatic N) is 1. The normalized spacial score (nSPS) is 15.2. The van der Waals surface area contributed by atoms with E-state index in [0.29, 0.717) is 29.3 Å². The topological polar surface area (TPSA) is 98.7 Å². The Morgan fingerprint density at radius 1 is 1.09 bits per heavy atom. The highest BCUT2D eigenvalue weighted by atomic mass is 35.5. The first-order valence-corrected chi connectivity index (χ1v) is 11.1. The van der Waals surface area contributed by atoms with Crippen LogP contribution in [0.5, 0.6) is 11.5 Å². The zero-order valence-electron chi connectivity index (χ0n) is 18.2. The molecular weight excluding hydrogens is 458 g/mol. The Hall–Kier alpha value is -3.84. The number of aromatic hydroxyl groups is 1. The van der Waals surface area contributed by atoms with E-state index >= 15 is 0 Å². The Balaban J connectivity index is 1.61. The van der Waals surface area contributed by atoms with Crippen LogP contribution in [-0.4, -0.2) is 15.6 Å². The van der Waals surface area contributed by atoms with Crippen LogP contribution in [0.1, 0.15) is 34.7 Å². The van der Waals surface area contributed by atoms with Gasteiger partial charge in [-0.15, -0.1) is 0 Å². The summed E-state index contributed by atoms with van der Waals surface area (Å²) in [6.45, 7) is 2.15. The van der Waals surface area contributed by atoms with Crippen molar-refractivity contribution in [3.8, 4) is 11.5 Å². The lowest BCUT2D eigenvalue weighted by Crippen LogP contribution is -2.35. The van der Waals surface area contributed by atoms with Crippen molar-refractivity contribution in [2.75, 3.05) is 0 Å². The molecule has 2 aromatic heterocycles. The van der Waals surface area contributed by atoms with E-state index in [2.05, 4.69) is 0 Å². The molecule has 0 unspecified atom stereocenters. The SMILES string of the molecule is Cc1cc2c(c(=O)n1CCc1ccc(O)cc1)[C@@H](c1coc3ccc(Cl)cc3c1=O)CC(=O)O2. The highest BCUT2D eigenvalue weighted by Gasteiger charge is 2.34. The molecule has 0 aliphatic carbocycles. The van der Waals surface area contributed by atoms with Crippen LogP contribution in [0.2, 0.25) is 5.02 Å². The molecule has 1 aliphatic rings. The molecule has 1 N–H and O–H groups in total. The molecule has 8 heteroatoms. The number of pyridine rings is 1. The first-order valence-electron chi connectivity index (χ1n) is 10.8. The fourth-order valence-electron chi connectivity index (χ4n) is 4.40. The summed E-state index contributed by atoms with van der Waals surface area (Å²) in [6, 6.07) is 13.2. The number of esters is 1. The van der Waals surface area contributed by atoms with Gasteiger partial charge in [0.15, 0.2) is 5.43 Å². The Bertz CT molecular complexity index is 1550. The summed E-state index contributed by atoms with van der Waals surface area (Å²) < 4.78 is 12.6. The molecule has 0 saturated carbocycles. The van der Waals surface area contributed by atoms with Crippen molar-refractivity contribution in [2.24, 2.45) is 0 Å². The third-order valence-corrected chi connectivity index (χ3v) is 6.38. The van der Waals surface area contributed by atoms with E-state index in [9.17, 15) is 19.5 Å². The van der Waals surface area contributed by atoms with Gasteiger partial charge in [-0.1, -0.05) is 23.7 Å². The molecule has 0 bridgehead atoms. The van der Waals surface area contributed by atoms with Crippen LogP contribution in [0.25, 0.3) is 11.0 Å². The number of phenols is 1. The number of rotatable bonds is 4. The molecule has 0 spiro atoms. The van der Waals surface area contributed by atoms with Crippen LogP contribution in [0.4, 0.5) is 0 Å². The van der Waals surface area contributed by atoms with E-state index in [4.69, 9.17) is 20.8 Å². The summed E-state index contributed by atoms with van der Waals surface area (Å²) in [6.07, 6.45) is 1.71. The third-order valence-electron chi connectivity index (χ3n) is 6.15. The molecule has 1 atom stereocenters. The first-order chi connectivity index (χ1) is 16.3. The summed E-state index contributed by atoms with van der Waals surface area (Å²) >= 11 is 6.07. The van der Waals surface area contributed by atoms with Gasteiger partial charge in [-0.05, 0) is 49.2 Å². The summed E-state index contributed by atoms with van der Waals surface area (Å²) in [5.41, 5.74) is 1.75. The van der Waals surface area contributed by atoms with Crippen LogP contribution in [-0.2, 0) is 17.8 Å². The summed E-state index contributed by atoms with van der Waals surface area (Å²) in [5.74, 6) is -0.992. The first kappa shape index (κ1) is 22.0. The van der Waals surface area contributed by atoms with Crippen molar-refractivity contribution in [3.63, 3.8) is 0 Å². The number of ether oxygens (including phenoxy) is 1. The molecule has 4 aromatic rings. The van der Waals surface area contributed by atoms with Crippen molar-refractivity contribution >= 4 is 28.5 Å². The van der Waals surface area contributed by atoms with Gasteiger partial charge in [0.05, 0.1) is 23.6 Å². The Morgan fingerprint density at radius 2 is 1.85 bits per heavy atom. The smallest absolute Gasteiger partial charge is 0.312 e. The number of fused-ring (bicyclic) bond motifs is 2. The van der Waals surface area contributed by atoms with Gasteiger partial charge in [-0.3, -0.25) is 14.4 Å². The quantitative estimate of drug-likeness (QED) is 0.440. The van der Waals surface area contributed by atoms with Crippen molar-refractivity contribution in [3.05, 3.63) is 103 Å². The molecule has 0 fully saturated rings. The largest absolute Gasteiger partial charge is 0.508 e. The molecule has 7 nitrogen and oxygen atoms in total.